The molecule has 0 saturated carbocycles. The van der Waals surface area contributed by atoms with E-state index < -0.39 is 0 Å². The van der Waals surface area contributed by atoms with Crippen molar-refractivity contribution in [3.05, 3.63) is 35.9 Å². The lowest BCUT2D eigenvalue weighted by Crippen LogP contribution is -2.09. The molecule has 0 aliphatic carbocycles. The second-order valence-corrected chi connectivity index (χ2v) is 5.50. The molecule has 19 heavy (non-hydrogen) atoms. The highest BCUT2D eigenvalue weighted by Crippen LogP contribution is 2.18. The fourth-order valence-electron chi connectivity index (χ4n) is 2.17. The molecular weight excluding hydrogens is 260 g/mol. The molecule has 0 fully saturated rings. The predicted octanol–water partition coefficient (Wildman–Crippen LogP) is 3.79. The third-order valence-corrected chi connectivity index (χ3v) is 3.67. The van der Waals surface area contributed by atoms with Crippen LogP contribution in [-0.2, 0) is 6.54 Å². The van der Waals surface area contributed by atoms with Crippen molar-refractivity contribution in [3.63, 3.8) is 0 Å². The first kappa shape index (κ1) is 14.1. The summed E-state index contributed by atoms with van der Waals surface area (Å²) in [5.41, 5.74) is 2.07. The zero-order chi connectivity index (χ0) is 13.8. The summed E-state index contributed by atoms with van der Waals surface area (Å²) in [5.74, 6) is 0. The van der Waals surface area contributed by atoms with Gasteiger partial charge in [0.1, 0.15) is 0 Å². The predicted molar refractivity (Wildman–Crippen MR) is 77.4 cm³/mol. The van der Waals surface area contributed by atoms with Crippen LogP contribution in [0, 0.1) is 0 Å². The van der Waals surface area contributed by atoms with E-state index in [-0.39, 0.29) is 5.38 Å². The molecule has 0 radical (unpaired) electrons. The van der Waals surface area contributed by atoms with Crippen LogP contribution < -0.4 is 0 Å². The Morgan fingerprint density at radius 3 is 2.63 bits per heavy atom. The number of rotatable bonds is 6. The maximum atomic E-state index is 6.03. The van der Waals surface area contributed by atoms with Crippen LogP contribution in [0.2, 0.25) is 0 Å². The van der Waals surface area contributed by atoms with Crippen molar-refractivity contribution in [1.29, 1.82) is 0 Å². The molecular formula is C14H21ClN4. The molecule has 1 atom stereocenters. The van der Waals surface area contributed by atoms with Crippen LogP contribution in [0.15, 0.2) is 24.7 Å². The number of hydrogen-bond acceptors (Lipinski definition) is 2. The summed E-state index contributed by atoms with van der Waals surface area (Å²) in [6.45, 7) is 7.02. The highest BCUT2D eigenvalue weighted by Gasteiger charge is 2.09. The number of hydrogen-bond donors (Lipinski definition) is 0. The molecule has 2 aromatic rings. The van der Waals surface area contributed by atoms with Crippen LogP contribution in [0.3, 0.4) is 0 Å². The molecule has 2 heterocycles. The summed E-state index contributed by atoms with van der Waals surface area (Å²) in [6, 6.07) is 2.55. The summed E-state index contributed by atoms with van der Waals surface area (Å²) in [6.07, 6.45) is 8.06. The molecule has 1 unspecified atom stereocenters. The number of nitrogens with zero attached hydrogens (tertiary/aromatic N) is 4. The van der Waals surface area contributed by atoms with Crippen molar-refractivity contribution < 1.29 is 0 Å². The SMILES string of the molecule is CCC(CC)n1ccc(Cn2cc(C(C)Cl)cn2)n1. The first-order chi connectivity index (χ1) is 9.13. The topological polar surface area (TPSA) is 35.6 Å². The van der Waals surface area contributed by atoms with Gasteiger partial charge in [-0.1, -0.05) is 13.8 Å². The quantitative estimate of drug-likeness (QED) is 0.755. The Labute approximate surface area is 119 Å². The van der Waals surface area contributed by atoms with E-state index >= 15 is 0 Å². The van der Waals surface area contributed by atoms with E-state index in [1.807, 2.05) is 24.0 Å². The van der Waals surface area contributed by atoms with Gasteiger partial charge in [-0.3, -0.25) is 9.36 Å². The smallest absolute Gasteiger partial charge is 0.0849 e. The third kappa shape index (κ3) is 3.38. The van der Waals surface area contributed by atoms with Crippen LogP contribution in [0.25, 0.3) is 0 Å². The van der Waals surface area contributed by atoms with Gasteiger partial charge in [0.25, 0.3) is 0 Å². The van der Waals surface area contributed by atoms with E-state index in [9.17, 15) is 0 Å². The summed E-state index contributed by atoms with van der Waals surface area (Å²) in [5, 5.41) is 8.93. The highest BCUT2D eigenvalue weighted by molar-refractivity contribution is 6.20. The molecule has 0 aromatic carbocycles. The molecule has 2 rings (SSSR count). The minimum atomic E-state index is -0.00382. The van der Waals surface area contributed by atoms with Crippen molar-refractivity contribution in [1.82, 2.24) is 19.6 Å². The van der Waals surface area contributed by atoms with Crippen molar-refractivity contribution >= 4 is 11.6 Å². The van der Waals surface area contributed by atoms with Crippen LogP contribution in [0.1, 0.15) is 56.3 Å². The van der Waals surface area contributed by atoms with Gasteiger partial charge in [0.2, 0.25) is 0 Å². The fraction of sp³-hybridized carbons (Fsp3) is 0.571. The van der Waals surface area contributed by atoms with E-state index in [2.05, 4.69) is 41.0 Å². The van der Waals surface area contributed by atoms with E-state index in [1.54, 1.807) is 0 Å². The molecule has 0 aliphatic heterocycles. The van der Waals surface area contributed by atoms with E-state index in [0.29, 0.717) is 12.6 Å². The maximum absolute atomic E-state index is 6.03. The number of aromatic nitrogens is 4. The van der Waals surface area contributed by atoms with E-state index in [4.69, 9.17) is 11.6 Å². The van der Waals surface area contributed by atoms with Crippen molar-refractivity contribution in [2.45, 2.75) is 51.6 Å². The van der Waals surface area contributed by atoms with Crippen LogP contribution in [0.4, 0.5) is 0 Å². The van der Waals surface area contributed by atoms with E-state index in [0.717, 1.165) is 24.1 Å². The Morgan fingerprint density at radius 2 is 2.05 bits per heavy atom. The van der Waals surface area contributed by atoms with Gasteiger partial charge in [-0.2, -0.15) is 10.2 Å². The average Bonchev–Trinajstić information content (AvgIpc) is 3.01. The van der Waals surface area contributed by atoms with Crippen LogP contribution in [0.5, 0.6) is 0 Å². The van der Waals surface area contributed by atoms with Gasteiger partial charge in [0, 0.05) is 18.0 Å². The summed E-state index contributed by atoms with van der Waals surface area (Å²) >= 11 is 6.03. The lowest BCUT2D eigenvalue weighted by molar-refractivity contribution is 0.424. The normalized spacial score (nSPS) is 13.1. The monoisotopic (exact) mass is 280 g/mol. The number of halogens is 1. The Hall–Kier alpha value is -1.29. The fourth-order valence-corrected chi connectivity index (χ4v) is 2.28. The second kappa shape index (κ2) is 6.24. The minimum absolute atomic E-state index is 0.00382. The van der Waals surface area contributed by atoms with Crippen molar-refractivity contribution in [2.75, 3.05) is 0 Å². The zero-order valence-electron chi connectivity index (χ0n) is 11.8. The molecule has 0 saturated heterocycles. The van der Waals surface area contributed by atoms with Crippen molar-refractivity contribution in [2.24, 2.45) is 0 Å². The van der Waals surface area contributed by atoms with Crippen LogP contribution in [-0.4, -0.2) is 19.6 Å². The minimum Gasteiger partial charge on any atom is -0.269 e. The molecule has 0 bridgehead atoms. The molecule has 0 amide bonds. The summed E-state index contributed by atoms with van der Waals surface area (Å²) < 4.78 is 3.94. The maximum Gasteiger partial charge on any atom is 0.0849 e. The lowest BCUT2D eigenvalue weighted by atomic mass is 10.2. The Bertz CT molecular complexity index is 511. The van der Waals surface area contributed by atoms with Crippen molar-refractivity contribution in [3.8, 4) is 0 Å². The van der Waals surface area contributed by atoms with E-state index in [1.165, 1.54) is 0 Å². The molecule has 104 valence electrons. The molecule has 0 N–H and O–H groups in total. The van der Waals surface area contributed by atoms with Gasteiger partial charge in [-0.15, -0.1) is 11.6 Å². The van der Waals surface area contributed by atoms with Gasteiger partial charge in [-0.25, -0.2) is 0 Å². The van der Waals surface area contributed by atoms with Gasteiger partial charge in [0.05, 0.1) is 29.9 Å². The van der Waals surface area contributed by atoms with Gasteiger partial charge in [-0.05, 0) is 25.8 Å². The van der Waals surface area contributed by atoms with Crippen LogP contribution >= 0.6 is 11.6 Å². The highest BCUT2D eigenvalue weighted by atomic mass is 35.5. The van der Waals surface area contributed by atoms with Gasteiger partial charge in [0.15, 0.2) is 0 Å². The Balaban J connectivity index is 2.06. The molecule has 0 aliphatic rings. The number of alkyl halides is 1. The summed E-state index contributed by atoms with van der Waals surface area (Å²) in [4.78, 5) is 0. The largest absolute Gasteiger partial charge is 0.269 e. The standard InChI is InChI=1S/C14H21ClN4/c1-4-14(5-2)19-7-6-13(17-19)10-18-9-12(8-16-18)11(3)15/h6-9,11,14H,4-5,10H2,1-3H3. The molecule has 5 heteroatoms. The first-order valence-electron chi connectivity index (χ1n) is 6.84. The lowest BCUT2D eigenvalue weighted by Gasteiger charge is -2.12. The summed E-state index contributed by atoms with van der Waals surface area (Å²) in [7, 11) is 0. The molecule has 4 nitrogen and oxygen atoms in total. The van der Waals surface area contributed by atoms with Gasteiger partial charge < -0.3 is 0 Å². The zero-order valence-corrected chi connectivity index (χ0v) is 12.5. The Kier molecular flexibility index (Phi) is 4.64. The Morgan fingerprint density at radius 1 is 1.32 bits per heavy atom. The average molecular weight is 281 g/mol. The second-order valence-electron chi connectivity index (χ2n) is 4.84. The first-order valence-corrected chi connectivity index (χ1v) is 7.28. The van der Waals surface area contributed by atoms with Gasteiger partial charge >= 0.3 is 0 Å². The third-order valence-electron chi connectivity index (χ3n) is 3.42. The molecule has 0 spiro atoms. The molecule has 2 aromatic heterocycles.